The largest absolute Gasteiger partial charge is 0.338 e. The molecule has 0 aromatic heterocycles. The molecule has 0 saturated heterocycles. The van der Waals surface area contributed by atoms with E-state index in [0.29, 0.717) is 37.6 Å². The molecule has 0 spiro atoms. The van der Waals surface area contributed by atoms with Crippen LogP contribution < -0.4 is 10.6 Å². The average molecular weight is 322 g/mol. The fourth-order valence-corrected chi connectivity index (χ4v) is 2.68. The molecule has 0 aromatic rings. The van der Waals surface area contributed by atoms with Crippen molar-refractivity contribution in [2.45, 2.75) is 59.3 Å². The van der Waals surface area contributed by atoms with Crippen molar-refractivity contribution in [1.29, 1.82) is 0 Å². The molecule has 0 aliphatic heterocycles. The summed E-state index contributed by atoms with van der Waals surface area (Å²) in [5, 5.41) is 5.56. The Morgan fingerprint density at radius 2 is 1.83 bits per heavy atom. The molecule has 1 atom stereocenters. The van der Waals surface area contributed by atoms with Crippen molar-refractivity contribution in [2.24, 2.45) is 11.3 Å². The van der Waals surface area contributed by atoms with Crippen LogP contribution in [0.15, 0.2) is 25.3 Å². The van der Waals surface area contributed by atoms with E-state index in [1.165, 1.54) is 0 Å². The van der Waals surface area contributed by atoms with E-state index in [4.69, 9.17) is 0 Å². The van der Waals surface area contributed by atoms with E-state index in [0.717, 1.165) is 25.7 Å². The molecule has 0 fully saturated rings. The summed E-state index contributed by atoms with van der Waals surface area (Å²) in [7, 11) is 0. The highest BCUT2D eigenvalue weighted by atomic mass is 16.2. The zero-order valence-electron chi connectivity index (χ0n) is 15.1. The summed E-state index contributed by atoms with van der Waals surface area (Å²) in [6.45, 7) is 15.0. The van der Waals surface area contributed by atoms with E-state index < -0.39 is 0 Å². The Bertz CT molecular complexity index is 389. The van der Waals surface area contributed by atoms with Gasteiger partial charge in [0, 0.05) is 25.9 Å². The van der Waals surface area contributed by atoms with Gasteiger partial charge < -0.3 is 10.6 Å². The molecule has 0 saturated carbocycles. The number of nitrogens with one attached hydrogen (secondary N) is 2. The lowest BCUT2D eigenvalue weighted by atomic mass is 9.79. The topological polar surface area (TPSA) is 58.2 Å². The van der Waals surface area contributed by atoms with Gasteiger partial charge in [-0.05, 0) is 37.0 Å². The van der Waals surface area contributed by atoms with E-state index in [-0.39, 0.29) is 11.4 Å². The maximum atomic E-state index is 11.7. The zero-order valence-corrected chi connectivity index (χ0v) is 15.1. The summed E-state index contributed by atoms with van der Waals surface area (Å²) in [4.78, 5) is 23.2. The molecule has 2 amide bonds. The van der Waals surface area contributed by atoms with Gasteiger partial charge in [0.05, 0.1) is 0 Å². The average Bonchev–Trinajstić information content (AvgIpc) is 2.48. The maximum absolute atomic E-state index is 11.7. The summed E-state index contributed by atoms with van der Waals surface area (Å²) in [6.07, 6.45) is 8.41. The fraction of sp³-hybridized carbons (Fsp3) is 0.684. The van der Waals surface area contributed by atoms with Crippen LogP contribution in [0.3, 0.4) is 0 Å². The van der Waals surface area contributed by atoms with Gasteiger partial charge in [0.25, 0.3) is 0 Å². The van der Waals surface area contributed by atoms with Crippen molar-refractivity contribution < 1.29 is 9.59 Å². The number of carbonyl (C=O) groups excluding carboxylic acids is 2. The van der Waals surface area contributed by atoms with Crippen molar-refractivity contribution in [3.05, 3.63) is 25.3 Å². The molecule has 2 N–H and O–H groups in total. The van der Waals surface area contributed by atoms with Crippen LogP contribution >= 0.6 is 0 Å². The summed E-state index contributed by atoms with van der Waals surface area (Å²) >= 11 is 0. The highest BCUT2D eigenvalue weighted by molar-refractivity contribution is 5.78. The summed E-state index contributed by atoms with van der Waals surface area (Å²) in [5.41, 5.74) is 0.148. The van der Waals surface area contributed by atoms with Gasteiger partial charge in [0.15, 0.2) is 0 Å². The Balaban J connectivity index is 3.95. The van der Waals surface area contributed by atoms with Crippen LogP contribution in [0.4, 0.5) is 4.79 Å². The van der Waals surface area contributed by atoms with E-state index in [1.54, 1.807) is 12.2 Å². The molecule has 132 valence electrons. The third-order valence-electron chi connectivity index (χ3n) is 3.94. The monoisotopic (exact) mass is 322 g/mol. The van der Waals surface area contributed by atoms with Crippen molar-refractivity contribution in [3.8, 4) is 0 Å². The first-order valence-electron chi connectivity index (χ1n) is 8.56. The maximum Gasteiger partial charge on any atom is 0.315 e. The molecule has 0 rings (SSSR count). The van der Waals surface area contributed by atoms with Gasteiger partial charge in [-0.3, -0.25) is 4.79 Å². The van der Waals surface area contributed by atoms with E-state index in [2.05, 4.69) is 44.6 Å². The van der Waals surface area contributed by atoms with Crippen LogP contribution in [0, 0.1) is 11.3 Å². The van der Waals surface area contributed by atoms with Crippen LogP contribution in [0.5, 0.6) is 0 Å². The molecule has 0 aromatic carbocycles. The molecule has 0 heterocycles. The van der Waals surface area contributed by atoms with Crippen LogP contribution in [-0.2, 0) is 4.79 Å². The molecule has 0 radical (unpaired) electrons. The number of hydrogen-bond donors (Lipinski definition) is 2. The van der Waals surface area contributed by atoms with Gasteiger partial charge in [-0.2, -0.15) is 0 Å². The molecular formula is C19H34N2O2. The molecule has 4 heteroatoms. The van der Waals surface area contributed by atoms with E-state index in [9.17, 15) is 9.59 Å². The van der Waals surface area contributed by atoms with Gasteiger partial charge in [-0.1, -0.05) is 32.9 Å². The number of rotatable bonds is 13. The minimum Gasteiger partial charge on any atom is -0.338 e. The highest BCUT2D eigenvalue weighted by Crippen LogP contribution is 2.30. The Labute approximate surface area is 141 Å². The Kier molecular flexibility index (Phi) is 11.1. The third-order valence-corrected chi connectivity index (χ3v) is 3.94. The SMILES string of the molecule is C=CCCC(=O)CCC(C)CC(C)(C)CCNC(=O)NCC=C. The van der Waals surface area contributed by atoms with Crippen molar-refractivity contribution in [3.63, 3.8) is 0 Å². The lowest BCUT2D eigenvalue weighted by molar-refractivity contribution is -0.119. The zero-order chi connectivity index (χ0) is 17.7. The van der Waals surface area contributed by atoms with Gasteiger partial charge in [0.1, 0.15) is 5.78 Å². The first-order chi connectivity index (χ1) is 10.8. The minimum atomic E-state index is -0.151. The Hall–Kier alpha value is -1.58. The van der Waals surface area contributed by atoms with E-state index >= 15 is 0 Å². The first kappa shape index (κ1) is 21.4. The number of carbonyl (C=O) groups is 2. The number of hydrogen-bond acceptors (Lipinski definition) is 2. The number of urea groups is 1. The molecule has 0 aliphatic carbocycles. The van der Waals surface area contributed by atoms with Crippen LogP contribution in [0.1, 0.15) is 59.3 Å². The van der Waals surface area contributed by atoms with Gasteiger partial charge in [-0.25, -0.2) is 4.79 Å². The normalized spacial score (nSPS) is 12.3. The van der Waals surface area contributed by atoms with Crippen LogP contribution in [-0.4, -0.2) is 24.9 Å². The van der Waals surface area contributed by atoms with Crippen LogP contribution in [0.25, 0.3) is 0 Å². The van der Waals surface area contributed by atoms with Gasteiger partial charge in [0.2, 0.25) is 0 Å². The second-order valence-electron chi connectivity index (χ2n) is 7.05. The lowest BCUT2D eigenvalue weighted by Gasteiger charge is -2.28. The Morgan fingerprint density at radius 3 is 2.43 bits per heavy atom. The molecule has 0 bridgehead atoms. The molecule has 4 nitrogen and oxygen atoms in total. The second-order valence-corrected chi connectivity index (χ2v) is 7.05. The number of allylic oxidation sites excluding steroid dienone is 1. The lowest BCUT2D eigenvalue weighted by Crippen LogP contribution is -2.37. The van der Waals surface area contributed by atoms with Crippen molar-refractivity contribution in [1.82, 2.24) is 10.6 Å². The van der Waals surface area contributed by atoms with Crippen molar-refractivity contribution >= 4 is 11.8 Å². The van der Waals surface area contributed by atoms with Crippen molar-refractivity contribution in [2.75, 3.05) is 13.1 Å². The second kappa shape index (κ2) is 11.9. The molecule has 0 aliphatic rings. The van der Waals surface area contributed by atoms with Gasteiger partial charge >= 0.3 is 6.03 Å². The Morgan fingerprint density at radius 1 is 1.13 bits per heavy atom. The van der Waals surface area contributed by atoms with Gasteiger partial charge in [-0.15, -0.1) is 13.2 Å². The summed E-state index contributed by atoms with van der Waals surface area (Å²) in [5.74, 6) is 0.836. The molecular weight excluding hydrogens is 288 g/mol. The third kappa shape index (κ3) is 12.6. The number of Topliss-reactive ketones (excluding diaryl/α,β-unsaturated/α-hetero) is 1. The summed E-state index contributed by atoms with van der Waals surface area (Å²) in [6, 6.07) is -0.151. The quantitative estimate of drug-likeness (QED) is 0.499. The highest BCUT2D eigenvalue weighted by Gasteiger charge is 2.21. The molecule has 1 unspecified atom stereocenters. The smallest absolute Gasteiger partial charge is 0.315 e. The molecule has 23 heavy (non-hydrogen) atoms. The fourth-order valence-electron chi connectivity index (χ4n) is 2.68. The summed E-state index contributed by atoms with van der Waals surface area (Å²) < 4.78 is 0. The van der Waals surface area contributed by atoms with Crippen LogP contribution in [0.2, 0.25) is 0 Å². The first-order valence-corrected chi connectivity index (χ1v) is 8.56. The standard InChI is InChI=1S/C19H34N2O2/c1-6-8-9-17(22)11-10-16(3)15-19(4,5)12-14-21-18(23)20-13-7-2/h6-7,16H,1-2,8-15H2,3-5H3,(H2,20,21,23). The predicted octanol–water partition coefficient (Wildman–Crippen LogP) is 4.23. The predicted molar refractivity (Wildman–Crippen MR) is 97.4 cm³/mol. The number of ketones is 1. The van der Waals surface area contributed by atoms with E-state index in [1.807, 2.05) is 0 Å². The minimum absolute atomic E-state index is 0.148. The number of amides is 2.